The largest absolute Gasteiger partial charge is 0.489 e. The third-order valence-corrected chi connectivity index (χ3v) is 4.52. The van der Waals surface area contributed by atoms with Gasteiger partial charge in [-0.1, -0.05) is 0 Å². The first-order valence-electron chi connectivity index (χ1n) is 8.94. The highest BCUT2D eigenvalue weighted by atomic mass is 127. The van der Waals surface area contributed by atoms with E-state index in [2.05, 4.69) is 15.2 Å². The molecule has 1 aromatic rings. The standard InChI is InChI=1S/C18H25F2N3O3.HI/c1-21-18(22-6-9-25-15-5-4-13(19)11-14(15)20)23-7-10-26-17(12-23)16-3-2-8-24-16;/h4-5,11,16-17H,2-3,6-10,12H2,1H3,(H,21,22);1H. The van der Waals surface area contributed by atoms with E-state index in [0.29, 0.717) is 13.2 Å². The van der Waals surface area contributed by atoms with Crippen LogP contribution in [0.5, 0.6) is 5.75 Å². The number of aliphatic imine (C=N–C) groups is 1. The Morgan fingerprint density at radius 3 is 2.81 bits per heavy atom. The number of ether oxygens (including phenoxy) is 3. The summed E-state index contributed by atoms with van der Waals surface area (Å²) in [6, 6.07) is 3.26. The van der Waals surface area contributed by atoms with Gasteiger partial charge in [0.15, 0.2) is 17.5 Å². The van der Waals surface area contributed by atoms with E-state index in [1.807, 2.05) is 0 Å². The molecule has 2 unspecified atom stereocenters. The third kappa shape index (κ3) is 6.15. The molecule has 2 saturated heterocycles. The molecule has 0 spiro atoms. The van der Waals surface area contributed by atoms with Gasteiger partial charge in [0.2, 0.25) is 0 Å². The molecule has 0 aromatic heterocycles. The van der Waals surface area contributed by atoms with Gasteiger partial charge in [-0.25, -0.2) is 8.78 Å². The first-order chi connectivity index (χ1) is 12.7. The summed E-state index contributed by atoms with van der Waals surface area (Å²) in [4.78, 5) is 6.44. The summed E-state index contributed by atoms with van der Waals surface area (Å²) in [5.41, 5.74) is 0. The molecule has 2 aliphatic heterocycles. The number of halogens is 3. The van der Waals surface area contributed by atoms with E-state index in [4.69, 9.17) is 14.2 Å². The summed E-state index contributed by atoms with van der Waals surface area (Å²) in [5, 5.41) is 3.21. The predicted molar refractivity (Wildman–Crippen MR) is 109 cm³/mol. The third-order valence-electron chi connectivity index (χ3n) is 4.52. The van der Waals surface area contributed by atoms with Crippen molar-refractivity contribution in [3.05, 3.63) is 29.8 Å². The summed E-state index contributed by atoms with van der Waals surface area (Å²) in [5.74, 6) is -0.545. The van der Waals surface area contributed by atoms with Gasteiger partial charge in [0.25, 0.3) is 0 Å². The highest BCUT2D eigenvalue weighted by molar-refractivity contribution is 14.0. The van der Waals surface area contributed by atoms with Crippen LogP contribution in [0.4, 0.5) is 8.78 Å². The first kappa shape index (κ1) is 22.1. The van der Waals surface area contributed by atoms with E-state index >= 15 is 0 Å². The van der Waals surface area contributed by atoms with Crippen LogP contribution in [0.2, 0.25) is 0 Å². The minimum atomic E-state index is -0.707. The lowest BCUT2D eigenvalue weighted by Gasteiger charge is -2.37. The molecule has 27 heavy (non-hydrogen) atoms. The van der Waals surface area contributed by atoms with Gasteiger partial charge in [0, 0.05) is 32.8 Å². The van der Waals surface area contributed by atoms with Crippen molar-refractivity contribution >= 4 is 29.9 Å². The number of nitrogens with one attached hydrogen (secondary N) is 1. The maximum absolute atomic E-state index is 13.5. The van der Waals surface area contributed by atoms with E-state index in [9.17, 15) is 8.78 Å². The second-order valence-corrected chi connectivity index (χ2v) is 6.30. The molecule has 2 aliphatic rings. The summed E-state index contributed by atoms with van der Waals surface area (Å²) >= 11 is 0. The topological polar surface area (TPSA) is 55.3 Å². The molecule has 3 rings (SSSR count). The normalized spacial score (nSPS) is 23.1. The molecule has 9 heteroatoms. The monoisotopic (exact) mass is 497 g/mol. The number of guanidine groups is 1. The highest BCUT2D eigenvalue weighted by Gasteiger charge is 2.32. The Morgan fingerprint density at radius 2 is 2.11 bits per heavy atom. The van der Waals surface area contributed by atoms with Crippen LogP contribution in [0, 0.1) is 11.6 Å². The number of nitrogens with zero attached hydrogens (tertiary/aromatic N) is 2. The van der Waals surface area contributed by atoms with Crippen LogP contribution in [0.25, 0.3) is 0 Å². The minimum absolute atomic E-state index is 0. The fourth-order valence-corrected chi connectivity index (χ4v) is 3.24. The van der Waals surface area contributed by atoms with Gasteiger partial charge < -0.3 is 24.4 Å². The minimum Gasteiger partial charge on any atom is -0.489 e. The van der Waals surface area contributed by atoms with E-state index in [1.54, 1.807) is 7.05 Å². The van der Waals surface area contributed by atoms with Gasteiger partial charge in [-0.15, -0.1) is 24.0 Å². The molecule has 1 N–H and O–H groups in total. The van der Waals surface area contributed by atoms with Crippen molar-refractivity contribution in [3.63, 3.8) is 0 Å². The zero-order valence-corrected chi connectivity index (χ0v) is 17.7. The highest BCUT2D eigenvalue weighted by Crippen LogP contribution is 2.21. The van der Waals surface area contributed by atoms with Crippen LogP contribution >= 0.6 is 24.0 Å². The second kappa shape index (κ2) is 11.0. The zero-order chi connectivity index (χ0) is 18.4. The Labute approximate surface area is 175 Å². The Bertz CT molecular complexity index is 630. The Hall–Kier alpha value is -1.20. The Kier molecular flexibility index (Phi) is 8.97. The van der Waals surface area contributed by atoms with Crippen molar-refractivity contribution in [2.75, 3.05) is 46.5 Å². The van der Waals surface area contributed by atoms with E-state index in [0.717, 1.165) is 44.6 Å². The van der Waals surface area contributed by atoms with Gasteiger partial charge in [0.05, 0.1) is 19.3 Å². The average molecular weight is 497 g/mol. The van der Waals surface area contributed by atoms with Crippen LogP contribution in [-0.4, -0.2) is 69.6 Å². The molecule has 0 amide bonds. The van der Waals surface area contributed by atoms with E-state index in [-0.39, 0.29) is 48.5 Å². The maximum atomic E-state index is 13.5. The van der Waals surface area contributed by atoms with Crippen molar-refractivity contribution in [2.45, 2.75) is 25.0 Å². The molecular weight excluding hydrogens is 471 g/mol. The molecule has 152 valence electrons. The van der Waals surface area contributed by atoms with E-state index in [1.165, 1.54) is 12.1 Å². The molecule has 1 aromatic carbocycles. The smallest absolute Gasteiger partial charge is 0.193 e. The zero-order valence-electron chi connectivity index (χ0n) is 15.3. The van der Waals surface area contributed by atoms with Crippen molar-refractivity contribution in [1.82, 2.24) is 10.2 Å². The molecule has 0 saturated carbocycles. The van der Waals surface area contributed by atoms with Crippen molar-refractivity contribution in [3.8, 4) is 5.75 Å². The molecule has 0 radical (unpaired) electrons. The average Bonchev–Trinajstić information content (AvgIpc) is 3.18. The van der Waals surface area contributed by atoms with Gasteiger partial charge in [-0.2, -0.15) is 0 Å². The van der Waals surface area contributed by atoms with Crippen LogP contribution in [0.1, 0.15) is 12.8 Å². The van der Waals surface area contributed by atoms with Crippen molar-refractivity contribution in [1.29, 1.82) is 0 Å². The van der Waals surface area contributed by atoms with Gasteiger partial charge >= 0.3 is 0 Å². The Balaban J connectivity index is 0.00000261. The fourth-order valence-electron chi connectivity index (χ4n) is 3.24. The van der Waals surface area contributed by atoms with Crippen LogP contribution < -0.4 is 10.1 Å². The van der Waals surface area contributed by atoms with Crippen LogP contribution in [0.3, 0.4) is 0 Å². The number of hydrogen-bond acceptors (Lipinski definition) is 4. The lowest BCUT2D eigenvalue weighted by atomic mass is 10.1. The number of hydrogen-bond donors (Lipinski definition) is 1. The molecule has 2 heterocycles. The SMILES string of the molecule is CN=C(NCCOc1ccc(F)cc1F)N1CCOC(C2CCCO2)C1.I. The lowest BCUT2D eigenvalue weighted by molar-refractivity contribution is -0.0817. The summed E-state index contributed by atoms with van der Waals surface area (Å²) < 4.78 is 43.4. The maximum Gasteiger partial charge on any atom is 0.193 e. The summed E-state index contributed by atoms with van der Waals surface area (Å²) in [6.45, 7) is 3.58. The molecule has 2 atom stereocenters. The molecular formula is C18H26F2IN3O3. The number of benzene rings is 1. The second-order valence-electron chi connectivity index (χ2n) is 6.30. The number of morpholine rings is 1. The molecule has 6 nitrogen and oxygen atoms in total. The molecule has 0 aliphatic carbocycles. The quantitative estimate of drug-likeness (QED) is 0.293. The van der Waals surface area contributed by atoms with Crippen LogP contribution in [0.15, 0.2) is 23.2 Å². The first-order valence-corrected chi connectivity index (χ1v) is 8.94. The lowest BCUT2D eigenvalue weighted by Crippen LogP contribution is -2.53. The van der Waals surface area contributed by atoms with Crippen molar-refractivity contribution < 1.29 is 23.0 Å². The molecule has 2 fully saturated rings. The summed E-state index contributed by atoms with van der Waals surface area (Å²) in [7, 11) is 1.72. The summed E-state index contributed by atoms with van der Waals surface area (Å²) in [6.07, 6.45) is 2.31. The van der Waals surface area contributed by atoms with Crippen molar-refractivity contribution in [2.24, 2.45) is 4.99 Å². The Morgan fingerprint density at radius 1 is 1.30 bits per heavy atom. The fraction of sp³-hybridized carbons (Fsp3) is 0.611. The van der Waals surface area contributed by atoms with Gasteiger partial charge in [0.1, 0.15) is 18.5 Å². The van der Waals surface area contributed by atoms with Gasteiger partial charge in [-0.05, 0) is 25.0 Å². The van der Waals surface area contributed by atoms with E-state index < -0.39 is 11.6 Å². The van der Waals surface area contributed by atoms with Gasteiger partial charge in [-0.3, -0.25) is 4.99 Å². The van der Waals surface area contributed by atoms with Crippen LogP contribution in [-0.2, 0) is 9.47 Å². The molecule has 0 bridgehead atoms. The number of rotatable bonds is 5. The predicted octanol–water partition coefficient (Wildman–Crippen LogP) is 2.42.